The molecule has 4 rings (SSSR count). The minimum Gasteiger partial charge on any atom is -0.286 e. The highest BCUT2D eigenvalue weighted by molar-refractivity contribution is 5.64. The highest BCUT2D eigenvalue weighted by Gasteiger charge is 2.39. The van der Waals surface area contributed by atoms with Gasteiger partial charge in [-0.15, -0.1) is 0 Å². The van der Waals surface area contributed by atoms with Gasteiger partial charge in [0.1, 0.15) is 17.3 Å². The third-order valence-corrected chi connectivity index (χ3v) is 6.28. The lowest BCUT2D eigenvalue weighted by Gasteiger charge is -2.44. The molecule has 0 aliphatic carbocycles. The molecular weight excluding hydrogens is 461 g/mol. The summed E-state index contributed by atoms with van der Waals surface area (Å²) in [4.78, 5) is 1.80. The minimum absolute atomic E-state index is 0.0172. The summed E-state index contributed by atoms with van der Waals surface area (Å²) >= 11 is 0. The molecule has 0 saturated carbocycles. The van der Waals surface area contributed by atoms with Crippen molar-refractivity contribution in [1.82, 2.24) is 14.7 Å². The Morgan fingerprint density at radius 1 is 1.11 bits per heavy atom. The van der Waals surface area contributed by atoms with Gasteiger partial charge in [0.2, 0.25) is 0 Å². The second-order valence-electron chi connectivity index (χ2n) is 9.65. The average Bonchev–Trinajstić information content (AvgIpc) is 3.25. The van der Waals surface area contributed by atoms with Crippen LogP contribution in [-0.2, 0) is 6.42 Å². The van der Waals surface area contributed by atoms with E-state index in [4.69, 9.17) is 0 Å². The van der Waals surface area contributed by atoms with Crippen LogP contribution in [0.25, 0.3) is 17.2 Å². The molecule has 35 heavy (non-hydrogen) atoms. The van der Waals surface area contributed by atoms with Crippen molar-refractivity contribution < 1.29 is 22.0 Å². The summed E-state index contributed by atoms with van der Waals surface area (Å²) in [5, 5.41) is 3.69. The van der Waals surface area contributed by atoms with Crippen molar-refractivity contribution in [1.29, 1.82) is 0 Å². The second kappa shape index (κ2) is 9.57. The van der Waals surface area contributed by atoms with Crippen LogP contribution < -0.4 is 0 Å². The van der Waals surface area contributed by atoms with Gasteiger partial charge in [0.05, 0.1) is 12.2 Å². The third kappa shape index (κ3) is 5.17. The molecule has 0 saturated heterocycles. The Balaban J connectivity index is 1.85. The highest BCUT2D eigenvalue weighted by Crippen LogP contribution is 2.42. The maximum Gasteiger partial charge on any atom is 0.333 e. The summed E-state index contributed by atoms with van der Waals surface area (Å²) in [6.07, 6.45) is 6.43. The van der Waals surface area contributed by atoms with E-state index in [-0.39, 0.29) is 18.2 Å². The Labute approximate surface area is 201 Å². The van der Waals surface area contributed by atoms with E-state index in [2.05, 4.69) is 5.10 Å². The zero-order valence-corrected chi connectivity index (χ0v) is 20.1. The van der Waals surface area contributed by atoms with Crippen LogP contribution in [0.15, 0.2) is 48.8 Å². The Morgan fingerprint density at radius 3 is 2.37 bits per heavy atom. The lowest BCUT2D eigenvalue weighted by Crippen LogP contribution is -2.48. The first-order valence-corrected chi connectivity index (χ1v) is 11.5. The Bertz CT molecular complexity index is 1220. The fourth-order valence-electron chi connectivity index (χ4n) is 4.85. The summed E-state index contributed by atoms with van der Waals surface area (Å²) < 4.78 is 72.1. The van der Waals surface area contributed by atoms with Crippen LogP contribution in [0.3, 0.4) is 0 Å². The lowest BCUT2D eigenvalue weighted by molar-refractivity contribution is 0.0566. The monoisotopic (exact) mass is 489 g/mol. The number of fused-ring (bicyclic) bond motifs is 1. The summed E-state index contributed by atoms with van der Waals surface area (Å²) in [5.74, 6) is -1.40. The van der Waals surface area contributed by atoms with E-state index < -0.39 is 29.9 Å². The van der Waals surface area contributed by atoms with Crippen LogP contribution in [0.2, 0.25) is 0 Å². The molecule has 0 spiro atoms. The molecule has 3 aromatic rings. The zero-order valence-electron chi connectivity index (χ0n) is 20.1. The molecule has 2 atom stereocenters. The van der Waals surface area contributed by atoms with E-state index in [1.165, 1.54) is 38.4 Å². The lowest BCUT2D eigenvalue weighted by atomic mass is 9.82. The van der Waals surface area contributed by atoms with E-state index in [0.717, 1.165) is 5.56 Å². The van der Waals surface area contributed by atoms with Crippen molar-refractivity contribution >= 4 is 6.08 Å². The van der Waals surface area contributed by atoms with Gasteiger partial charge < -0.3 is 0 Å². The number of halogens is 5. The number of benzene rings is 2. The largest absolute Gasteiger partial charge is 0.333 e. The molecule has 1 aliphatic rings. The van der Waals surface area contributed by atoms with Crippen molar-refractivity contribution in [2.45, 2.75) is 58.4 Å². The molecule has 186 valence electrons. The van der Waals surface area contributed by atoms with Crippen LogP contribution in [0, 0.1) is 11.6 Å². The van der Waals surface area contributed by atoms with Gasteiger partial charge in [-0.1, -0.05) is 30.4 Å². The highest BCUT2D eigenvalue weighted by atomic mass is 19.3. The van der Waals surface area contributed by atoms with Crippen LogP contribution >= 0.6 is 0 Å². The van der Waals surface area contributed by atoms with E-state index in [1.54, 1.807) is 36.1 Å². The predicted octanol–water partition coefficient (Wildman–Crippen LogP) is 7.34. The molecule has 2 heterocycles. The molecule has 0 amide bonds. The van der Waals surface area contributed by atoms with Crippen molar-refractivity contribution in [2.75, 3.05) is 6.54 Å². The van der Waals surface area contributed by atoms with E-state index in [9.17, 15) is 13.2 Å². The topological polar surface area (TPSA) is 21.1 Å². The maximum absolute atomic E-state index is 15.4. The number of hydrogen-bond donors (Lipinski definition) is 0. The van der Waals surface area contributed by atoms with E-state index in [0.29, 0.717) is 33.4 Å². The Morgan fingerprint density at radius 2 is 1.80 bits per heavy atom. The first-order valence-electron chi connectivity index (χ1n) is 11.5. The normalized spacial score (nSPS) is 19.0. The third-order valence-electron chi connectivity index (χ3n) is 6.28. The molecule has 1 aromatic heterocycles. The molecule has 0 N–H and O–H groups in total. The zero-order chi connectivity index (χ0) is 25.5. The summed E-state index contributed by atoms with van der Waals surface area (Å²) in [5.41, 5.74) is 1.35. The van der Waals surface area contributed by atoms with Gasteiger partial charge in [-0.2, -0.15) is 13.9 Å². The van der Waals surface area contributed by atoms with Crippen LogP contribution in [-0.4, -0.2) is 32.9 Å². The number of rotatable bonds is 6. The predicted molar refractivity (Wildman–Crippen MR) is 127 cm³/mol. The van der Waals surface area contributed by atoms with Gasteiger partial charge in [-0.25, -0.2) is 17.9 Å². The van der Waals surface area contributed by atoms with Crippen LogP contribution in [0.4, 0.5) is 22.0 Å². The molecule has 0 fully saturated rings. The molecule has 0 radical (unpaired) electrons. The van der Waals surface area contributed by atoms with Gasteiger partial charge >= 0.3 is 6.55 Å². The van der Waals surface area contributed by atoms with Gasteiger partial charge in [0.15, 0.2) is 0 Å². The van der Waals surface area contributed by atoms with Crippen molar-refractivity contribution in [3.8, 4) is 11.1 Å². The number of aromatic nitrogens is 2. The molecule has 3 nitrogen and oxygen atoms in total. The fraction of sp³-hybridized carbons (Fsp3) is 0.370. The Hall–Kier alpha value is -3.00. The summed E-state index contributed by atoms with van der Waals surface area (Å²) in [7, 11) is 0. The van der Waals surface area contributed by atoms with Crippen molar-refractivity contribution in [3.63, 3.8) is 0 Å². The Kier molecular flexibility index (Phi) is 6.86. The van der Waals surface area contributed by atoms with Gasteiger partial charge in [-0.05, 0) is 68.5 Å². The molecule has 2 unspecified atom stereocenters. The van der Waals surface area contributed by atoms with E-state index in [1.807, 2.05) is 13.0 Å². The molecule has 2 aromatic carbocycles. The van der Waals surface area contributed by atoms with Crippen molar-refractivity contribution in [2.24, 2.45) is 0 Å². The van der Waals surface area contributed by atoms with Gasteiger partial charge in [0, 0.05) is 29.9 Å². The first kappa shape index (κ1) is 25.1. The van der Waals surface area contributed by atoms with E-state index >= 15 is 8.78 Å². The summed E-state index contributed by atoms with van der Waals surface area (Å²) in [6.45, 7) is 3.77. The first-order chi connectivity index (χ1) is 16.5. The molecular formula is C27H28F5N3. The second-order valence-corrected chi connectivity index (χ2v) is 9.65. The van der Waals surface area contributed by atoms with Crippen LogP contribution in [0.5, 0.6) is 0 Å². The fourth-order valence-corrected chi connectivity index (χ4v) is 4.85. The summed E-state index contributed by atoms with van der Waals surface area (Å²) in [6, 6.07) is 6.80. The minimum atomic E-state index is -2.75. The number of allylic oxidation sites excluding steroid dienone is 1. The van der Waals surface area contributed by atoms with Crippen LogP contribution in [0.1, 0.15) is 62.5 Å². The molecule has 8 heteroatoms. The molecule has 0 bridgehead atoms. The molecule has 1 aliphatic heterocycles. The SMILES string of the molecule is C/C=C/c1cc(F)c(C2c3ccc(-c4cnn(C(F)F)c4)cc3CC(C)N2CC(C)(C)F)c(F)c1. The van der Waals surface area contributed by atoms with Gasteiger partial charge in [0.25, 0.3) is 0 Å². The standard InChI is InChI=1S/C27H28F5N3/c1-5-6-17-10-22(28)24(23(29)11-17)25-21-8-7-18(20-13-33-35(14-20)26(30)31)12-19(21)9-16(2)34(25)15-27(3,4)32/h5-8,10-14,16,25-26H,9,15H2,1-4H3/b6-5+. The smallest absolute Gasteiger partial charge is 0.286 e. The quantitative estimate of drug-likeness (QED) is 0.338. The van der Waals surface area contributed by atoms with Gasteiger partial charge in [-0.3, -0.25) is 4.90 Å². The maximum atomic E-state index is 15.4. The van der Waals surface area contributed by atoms with Crippen molar-refractivity contribution in [3.05, 3.63) is 82.7 Å². The number of nitrogens with zero attached hydrogens (tertiary/aromatic N) is 3. The number of alkyl halides is 3. The average molecular weight is 490 g/mol. The number of hydrogen-bond acceptors (Lipinski definition) is 2.